The number of hydrogen-bond donors (Lipinski definition) is 1. The lowest BCUT2D eigenvalue weighted by molar-refractivity contribution is -0.384. The van der Waals surface area contributed by atoms with Crippen molar-refractivity contribution in [2.24, 2.45) is 0 Å². The Bertz CT molecular complexity index is 787. The molecule has 1 amide bonds. The minimum absolute atomic E-state index is 0.121. The monoisotopic (exact) mass is 329 g/mol. The summed E-state index contributed by atoms with van der Waals surface area (Å²) in [6.07, 6.45) is 0. The summed E-state index contributed by atoms with van der Waals surface area (Å²) in [4.78, 5) is 24.8. The fourth-order valence-electron chi connectivity index (χ4n) is 2.30. The molecule has 0 atom stereocenters. The highest BCUT2D eigenvalue weighted by Crippen LogP contribution is 2.29. The fourth-order valence-corrected chi connectivity index (χ4v) is 2.30. The molecule has 1 N–H and O–H groups in total. The number of nitrogens with zero attached hydrogens (tertiary/aromatic N) is 2. The van der Waals surface area contributed by atoms with Gasteiger partial charge in [-0.15, -0.1) is 0 Å². The number of nitrogens with one attached hydrogen (secondary N) is 1. The van der Waals surface area contributed by atoms with E-state index in [1.54, 1.807) is 43.3 Å². The van der Waals surface area contributed by atoms with Crippen molar-refractivity contribution < 1.29 is 14.5 Å². The predicted molar refractivity (Wildman–Crippen MR) is 93.1 cm³/mol. The van der Waals surface area contributed by atoms with Crippen LogP contribution in [0.2, 0.25) is 0 Å². The first-order valence-corrected chi connectivity index (χ1v) is 7.25. The molecule has 0 spiro atoms. The minimum atomic E-state index is -0.501. The Morgan fingerprint density at radius 1 is 1.21 bits per heavy atom. The van der Waals surface area contributed by atoms with Crippen molar-refractivity contribution in [1.29, 1.82) is 0 Å². The van der Waals surface area contributed by atoms with Gasteiger partial charge in [-0.3, -0.25) is 14.9 Å². The molecule has 0 radical (unpaired) electrons. The van der Waals surface area contributed by atoms with Gasteiger partial charge in [0.15, 0.2) is 0 Å². The number of ether oxygens (including phenoxy) is 1. The van der Waals surface area contributed by atoms with Crippen LogP contribution < -0.4 is 15.0 Å². The second kappa shape index (κ2) is 6.99. The Hall–Kier alpha value is -3.09. The van der Waals surface area contributed by atoms with Crippen molar-refractivity contribution >= 4 is 23.0 Å². The van der Waals surface area contributed by atoms with Gasteiger partial charge in [0.1, 0.15) is 11.4 Å². The van der Waals surface area contributed by atoms with Gasteiger partial charge in [-0.25, -0.2) is 0 Å². The van der Waals surface area contributed by atoms with Crippen LogP contribution in [0.25, 0.3) is 0 Å². The summed E-state index contributed by atoms with van der Waals surface area (Å²) in [7, 11) is 4.93. The van der Waals surface area contributed by atoms with E-state index in [0.717, 1.165) is 5.56 Å². The van der Waals surface area contributed by atoms with E-state index in [1.165, 1.54) is 13.2 Å². The number of amides is 1. The summed E-state index contributed by atoms with van der Waals surface area (Å²) in [5.74, 6) is 0.0840. The largest absolute Gasteiger partial charge is 0.495 e. The van der Waals surface area contributed by atoms with Crippen LogP contribution in [0.4, 0.5) is 17.1 Å². The first kappa shape index (κ1) is 17.3. The SMILES string of the molecule is COc1ccc(C)cc1NC(=O)c1ccc(N(C)C)c([N+](=O)[O-])c1. The van der Waals surface area contributed by atoms with Gasteiger partial charge in [0.25, 0.3) is 11.6 Å². The molecule has 0 aliphatic rings. The third-order valence-electron chi connectivity index (χ3n) is 3.52. The van der Waals surface area contributed by atoms with E-state index in [-0.39, 0.29) is 11.3 Å². The van der Waals surface area contributed by atoms with Gasteiger partial charge in [-0.05, 0) is 36.8 Å². The lowest BCUT2D eigenvalue weighted by Gasteiger charge is -2.14. The molecule has 0 saturated carbocycles. The Morgan fingerprint density at radius 2 is 1.92 bits per heavy atom. The van der Waals surface area contributed by atoms with Gasteiger partial charge in [0, 0.05) is 25.7 Å². The molecule has 0 bridgehead atoms. The quantitative estimate of drug-likeness (QED) is 0.672. The molecule has 0 aliphatic heterocycles. The van der Waals surface area contributed by atoms with Crippen LogP contribution in [0.1, 0.15) is 15.9 Å². The van der Waals surface area contributed by atoms with Crippen LogP contribution in [0, 0.1) is 17.0 Å². The summed E-state index contributed by atoms with van der Waals surface area (Å²) < 4.78 is 5.22. The molecule has 7 nitrogen and oxygen atoms in total. The van der Waals surface area contributed by atoms with Crippen molar-refractivity contribution in [2.45, 2.75) is 6.92 Å². The van der Waals surface area contributed by atoms with Crippen molar-refractivity contribution in [3.05, 3.63) is 57.6 Å². The maximum atomic E-state index is 12.4. The molecular formula is C17H19N3O4. The number of nitro benzene ring substituents is 1. The number of hydrogen-bond acceptors (Lipinski definition) is 5. The van der Waals surface area contributed by atoms with Crippen LogP contribution in [-0.2, 0) is 0 Å². The van der Waals surface area contributed by atoms with Crippen LogP contribution in [0.15, 0.2) is 36.4 Å². The van der Waals surface area contributed by atoms with Gasteiger partial charge in [0.2, 0.25) is 0 Å². The Labute approximate surface area is 140 Å². The van der Waals surface area contributed by atoms with Gasteiger partial charge >= 0.3 is 0 Å². The molecule has 0 fully saturated rings. The molecule has 126 valence electrons. The van der Waals surface area contributed by atoms with E-state index in [4.69, 9.17) is 4.74 Å². The summed E-state index contributed by atoms with van der Waals surface area (Å²) >= 11 is 0. The molecule has 0 saturated heterocycles. The van der Waals surface area contributed by atoms with E-state index >= 15 is 0 Å². The van der Waals surface area contributed by atoms with Gasteiger partial charge < -0.3 is 15.0 Å². The molecule has 2 aromatic carbocycles. The van der Waals surface area contributed by atoms with Crippen molar-refractivity contribution in [3.8, 4) is 5.75 Å². The number of anilines is 2. The maximum absolute atomic E-state index is 12.4. The standard InChI is InChI=1S/C17H19N3O4/c1-11-5-8-16(24-4)13(9-11)18-17(21)12-6-7-14(19(2)3)15(10-12)20(22)23/h5-10H,1-4H3,(H,18,21). The smallest absolute Gasteiger partial charge is 0.293 e. The second-order valence-corrected chi connectivity index (χ2v) is 5.51. The molecule has 2 aromatic rings. The van der Waals surface area contributed by atoms with Crippen molar-refractivity contribution in [1.82, 2.24) is 0 Å². The number of methoxy groups -OCH3 is 1. The zero-order valence-electron chi connectivity index (χ0n) is 14.0. The first-order valence-electron chi connectivity index (χ1n) is 7.25. The molecule has 0 heterocycles. The normalized spacial score (nSPS) is 10.2. The van der Waals surface area contributed by atoms with E-state index in [1.807, 2.05) is 13.0 Å². The first-order chi connectivity index (χ1) is 11.3. The van der Waals surface area contributed by atoms with Gasteiger partial charge in [-0.1, -0.05) is 6.07 Å². The average molecular weight is 329 g/mol. The van der Waals surface area contributed by atoms with Crippen LogP contribution >= 0.6 is 0 Å². The third kappa shape index (κ3) is 3.62. The zero-order chi connectivity index (χ0) is 17.9. The Morgan fingerprint density at radius 3 is 2.50 bits per heavy atom. The Balaban J connectivity index is 2.35. The molecular weight excluding hydrogens is 310 g/mol. The minimum Gasteiger partial charge on any atom is -0.495 e. The summed E-state index contributed by atoms with van der Waals surface area (Å²) in [5, 5.41) is 14.0. The van der Waals surface area contributed by atoms with Crippen molar-refractivity contribution in [3.63, 3.8) is 0 Å². The summed E-state index contributed by atoms with van der Waals surface area (Å²) in [6.45, 7) is 1.89. The van der Waals surface area contributed by atoms with Crippen LogP contribution in [0.3, 0.4) is 0 Å². The highest BCUT2D eigenvalue weighted by molar-refractivity contribution is 6.05. The van der Waals surface area contributed by atoms with E-state index in [2.05, 4.69) is 5.32 Å². The van der Waals surface area contributed by atoms with E-state index in [9.17, 15) is 14.9 Å². The zero-order valence-corrected chi connectivity index (χ0v) is 14.0. The average Bonchev–Trinajstić information content (AvgIpc) is 2.54. The number of carbonyl (C=O) groups excluding carboxylic acids is 1. The molecule has 2 rings (SSSR count). The van der Waals surface area contributed by atoms with E-state index in [0.29, 0.717) is 17.1 Å². The molecule has 0 aliphatic carbocycles. The van der Waals surface area contributed by atoms with Gasteiger partial charge in [-0.2, -0.15) is 0 Å². The molecule has 7 heteroatoms. The highest BCUT2D eigenvalue weighted by atomic mass is 16.6. The maximum Gasteiger partial charge on any atom is 0.293 e. The highest BCUT2D eigenvalue weighted by Gasteiger charge is 2.19. The second-order valence-electron chi connectivity index (χ2n) is 5.51. The number of nitro groups is 1. The topological polar surface area (TPSA) is 84.7 Å². The van der Waals surface area contributed by atoms with Crippen LogP contribution in [0.5, 0.6) is 5.75 Å². The molecule has 0 unspecified atom stereocenters. The van der Waals surface area contributed by atoms with Gasteiger partial charge in [0.05, 0.1) is 17.7 Å². The van der Waals surface area contributed by atoms with E-state index < -0.39 is 10.8 Å². The number of benzene rings is 2. The predicted octanol–water partition coefficient (Wildman–Crippen LogP) is 3.23. The lowest BCUT2D eigenvalue weighted by Crippen LogP contribution is -2.15. The third-order valence-corrected chi connectivity index (χ3v) is 3.52. The fraction of sp³-hybridized carbons (Fsp3) is 0.235. The lowest BCUT2D eigenvalue weighted by atomic mass is 10.1. The molecule has 24 heavy (non-hydrogen) atoms. The number of rotatable bonds is 5. The summed E-state index contributed by atoms with van der Waals surface area (Å²) in [5.41, 5.74) is 1.99. The number of carbonyl (C=O) groups is 1. The van der Waals surface area contributed by atoms with Crippen molar-refractivity contribution in [2.75, 3.05) is 31.4 Å². The Kier molecular flexibility index (Phi) is 5.03. The summed E-state index contributed by atoms with van der Waals surface area (Å²) in [6, 6.07) is 9.78. The van der Waals surface area contributed by atoms with Crippen LogP contribution in [-0.4, -0.2) is 32.0 Å². The molecule has 0 aromatic heterocycles. The number of aryl methyl sites for hydroxylation is 1.